The van der Waals surface area contributed by atoms with Crippen molar-refractivity contribution in [2.75, 3.05) is 0 Å². The van der Waals surface area contributed by atoms with E-state index in [-0.39, 0.29) is 5.92 Å². The van der Waals surface area contributed by atoms with E-state index in [0.29, 0.717) is 10.9 Å². The molecule has 0 N–H and O–H groups in total. The van der Waals surface area contributed by atoms with Gasteiger partial charge in [0.1, 0.15) is 0 Å². The van der Waals surface area contributed by atoms with Crippen LogP contribution >= 0.6 is 0 Å². The summed E-state index contributed by atoms with van der Waals surface area (Å²) in [6.45, 7) is 4.52. The molecule has 2 aliphatic rings. The molecule has 0 spiro atoms. The van der Waals surface area contributed by atoms with Gasteiger partial charge in [-0.2, -0.15) is 0 Å². The van der Waals surface area contributed by atoms with Crippen molar-refractivity contribution in [1.82, 2.24) is 0 Å². The highest BCUT2D eigenvalue weighted by Gasteiger charge is 2.28. The molecule has 0 nitrogen and oxygen atoms in total. The Hall–Kier alpha value is -1.44. The molecule has 0 bridgehead atoms. The quantitative estimate of drug-likeness (QED) is 0.331. The number of rotatable bonds is 9. The van der Waals surface area contributed by atoms with Crippen LogP contribution in [-0.4, -0.2) is 0 Å². The molecule has 0 unspecified atom stereocenters. The molecule has 0 atom stereocenters. The summed E-state index contributed by atoms with van der Waals surface area (Å²) in [5.41, 5.74) is 1.74. The van der Waals surface area contributed by atoms with Gasteiger partial charge in [0.2, 0.25) is 0 Å². The van der Waals surface area contributed by atoms with E-state index in [1.165, 1.54) is 70.6 Å². The standard InChI is InChI=1S/C31H44F2/c1-3-5-6-7-25-16-19-27-21-29(31(33)30(32)28(27)20-25)26-17-14-24(15-18-26)13-12-23-10-8-22(4-2)9-11-23/h16,19-24,26H,3-15,17-18H2,1-2H3. The number of fused-ring (bicyclic) bond motifs is 1. The van der Waals surface area contributed by atoms with Crippen LogP contribution in [0.3, 0.4) is 0 Å². The van der Waals surface area contributed by atoms with Gasteiger partial charge in [-0.1, -0.05) is 83.8 Å². The lowest BCUT2D eigenvalue weighted by Crippen LogP contribution is -2.18. The smallest absolute Gasteiger partial charge is 0.166 e. The first-order valence-electron chi connectivity index (χ1n) is 14.0. The highest BCUT2D eigenvalue weighted by molar-refractivity contribution is 5.85. The van der Waals surface area contributed by atoms with E-state index in [2.05, 4.69) is 19.9 Å². The van der Waals surface area contributed by atoms with Crippen LogP contribution in [-0.2, 0) is 6.42 Å². The molecule has 0 aromatic heterocycles. The van der Waals surface area contributed by atoms with Crippen LogP contribution in [0.2, 0.25) is 0 Å². The third-order valence-corrected chi connectivity index (χ3v) is 8.99. The van der Waals surface area contributed by atoms with E-state index in [1.54, 1.807) is 0 Å². The Kier molecular flexibility index (Phi) is 8.83. The molecule has 2 aliphatic carbocycles. The Morgan fingerprint density at radius 1 is 0.727 bits per heavy atom. The lowest BCUT2D eigenvalue weighted by atomic mass is 9.74. The van der Waals surface area contributed by atoms with Gasteiger partial charge < -0.3 is 0 Å². The number of aryl methyl sites for hydroxylation is 1. The van der Waals surface area contributed by atoms with Crippen LogP contribution < -0.4 is 0 Å². The first-order chi connectivity index (χ1) is 16.1. The molecule has 2 saturated carbocycles. The summed E-state index contributed by atoms with van der Waals surface area (Å²) in [6, 6.07) is 7.92. The van der Waals surface area contributed by atoms with E-state index in [9.17, 15) is 0 Å². The summed E-state index contributed by atoms with van der Waals surface area (Å²) in [5, 5.41) is 1.31. The minimum absolute atomic E-state index is 0.171. The van der Waals surface area contributed by atoms with Crippen LogP contribution in [0.25, 0.3) is 10.8 Å². The summed E-state index contributed by atoms with van der Waals surface area (Å²) in [7, 11) is 0. The van der Waals surface area contributed by atoms with Crippen molar-refractivity contribution in [2.24, 2.45) is 17.8 Å². The average Bonchev–Trinajstić information content (AvgIpc) is 2.86. The van der Waals surface area contributed by atoms with Crippen LogP contribution in [0.1, 0.15) is 121 Å². The second-order valence-electron chi connectivity index (χ2n) is 11.2. The van der Waals surface area contributed by atoms with Crippen LogP contribution in [0.4, 0.5) is 8.78 Å². The summed E-state index contributed by atoms with van der Waals surface area (Å²) < 4.78 is 30.2. The Morgan fingerprint density at radius 2 is 1.36 bits per heavy atom. The summed E-state index contributed by atoms with van der Waals surface area (Å²) >= 11 is 0. The van der Waals surface area contributed by atoms with Gasteiger partial charge in [-0.3, -0.25) is 0 Å². The first kappa shape index (κ1) is 24.7. The normalized spacial score (nSPS) is 26.1. The number of hydrogen-bond acceptors (Lipinski definition) is 0. The van der Waals surface area contributed by atoms with E-state index < -0.39 is 11.6 Å². The fourth-order valence-electron chi connectivity index (χ4n) is 6.59. The molecule has 2 aromatic rings. The largest absolute Gasteiger partial charge is 0.203 e. The van der Waals surface area contributed by atoms with Gasteiger partial charge in [-0.25, -0.2) is 8.78 Å². The first-order valence-corrected chi connectivity index (χ1v) is 14.0. The molecule has 33 heavy (non-hydrogen) atoms. The fraction of sp³-hybridized carbons (Fsp3) is 0.677. The molecule has 182 valence electrons. The summed E-state index contributed by atoms with van der Waals surface area (Å²) in [4.78, 5) is 0. The van der Waals surface area contributed by atoms with Gasteiger partial charge in [-0.05, 0) is 90.8 Å². The topological polar surface area (TPSA) is 0 Å². The number of unbranched alkanes of at least 4 members (excludes halogenated alkanes) is 2. The number of benzene rings is 2. The SMILES string of the molecule is CCCCCc1ccc2cc(C3CCC(CCC4CCC(CC)CC4)CC3)c(F)c(F)c2c1. The van der Waals surface area contributed by atoms with Crippen molar-refractivity contribution in [3.8, 4) is 0 Å². The van der Waals surface area contributed by atoms with E-state index >= 15 is 8.78 Å². The average molecular weight is 455 g/mol. The van der Waals surface area contributed by atoms with Crippen LogP contribution in [0, 0.1) is 29.4 Å². The molecule has 2 heteroatoms. The van der Waals surface area contributed by atoms with Gasteiger partial charge in [0, 0.05) is 5.39 Å². The van der Waals surface area contributed by atoms with Gasteiger partial charge >= 0.3 is 0 Å². The number of halogens is 2. The molecule has 4 rings (SSSR count). The second-order valence-corrected chi connectivity index (χ2v) is 11.2. The van der Waals surface area contributed by atoms with Crippen LogP contribution in [0.15, 0.2) is 24.3 Å². The van der Waals surface area contributed by atoms with Crippen molar-refractivity contribution in [1.29, 1.82) is 0 Å². The summed E-state index contributed by atoms with van der Waals surface area (Å²) in [5.74, 6) is 1.63. The monoisotopic (exact) mass is 454 g/mol. The number of hydrogen-bond donors (Lipinski definition) is 0. The minimum Gasteiger partial charge on any atom is -0.203 e. The molecule has 0 heterocycles. The zero-order valence-corrected chi connectivity index (χ0v) is 21.0. The third kappa shape index (κ3) is 6.17. The van der Waals surface area contributed by atoms with E-state index in [0.717, 1.165) is 54.4 Å². The molecular weight excluding hydrogens is 410 g/mol. The molecule has 2 aromatic carbocycles. The molecule has 0 radical (unpaired) electrons. The molecule has 0 aliphatic heterocycles. The molecule has 2 fully saturated rings. The molecule has 0 amide bonds. The highest BCUT2D eigenvalue weighted by atomic mass is 19.2. The second kappa shape index (κ2) is 11.8. The minimum atomic E-state index is -0.635. The lowest BCUT2D eigenvalue weighted by Gasteiger charge is -2.32. The van der Waals surface area contributed by atoms with E-state index in [4.69, 9.17) is 0 Å². The molecular formula is C31H44F2. The van der Waals surface area contributed by atoms with Gasteiger partial charge in [0.25, 0.3) is 0 Å². The van der Waals surface area contributed by atoms with Crippen molar-refractivity contribution in [3.05, 3.63) is 47.0 Å². The van der Waals surface area contributed by atoms with Crippen molar-refractivity contribution in [3.63, 3.8) is 0 Å². The highest BCUT2D eigenvalue weighted by Crippen LogP contribution is 2.42. The Bertz CT molecular complexity index is 885. The Labute approximate surface area is 200 Å². The summed E-state index contributed by atoms with van der Waals surface area (Å²) in [6.07, 6.45) is 18.5. The molecule has 0 saturated heterocycles. The van der Waals surface area contributed by atoms with Gasteiger partial charge in [0.05, 0.1) is 0 Å². The maximum absolute atomic E-state index is 15.1. The zero-order valence-electron chi connectivity index (χ0n) is 21.0. The van der Waals surface area contributed by atoms with Crippen LogP contribution in [0.5, 0.6) is 0 Å². The van der Waals surface area contributed by atoms with Crippen molar-refractivity contribution < 1.29 is 8.78 Å². The zero-order chi connectivity index (χ0) is 23.2. The van der Waals surface area contributed by atoms with Crippen molar-refractivity contribution in [2.45, 2.75) is 116 Å². The third-order valence-electron chi connectivity index (χ3n) is 8.99. The predicted molar refractivity (Wildman–Crippen MR) is 137 cm³/mol. The maximum atomic E-state index is 15.1. The lowest BCUT2D eigenvalue weighted by molar-refractivity contribution is 0.227. The van der Waals surface area contributed by atoms with Crippen molar-refractivity contribution >= 4 is 10.8 Å². The maximum Gasteiger partial charge on any atom is 0.166 e. The van der Waals surface area contributed by atoms with Gasteiger partial charge in [-0.15, -0.1) is 0 Å². The Balaban J connectivity index is 1.34. The fourth-order valence-corrected chi connectivity index (χ4v) is 6.59. The Morgan fingerprint density at radius 3 is 2.00 bits per heavy atom. The van der Waals surface area contributed by atoms with Gasteiger partial charge in [0.15, 0.2) is 11.6 Å². The van der Waals surface area contributed by atoms with E-state index in [1.807, 2.05) is 18.2 Å². The predicted octanol–water partition coefficient (Wildman–Crippen LogP) is 10.1.